The minimum absolute atomic E-state index is 0.0639. The van der Waals surface area contributed by atoms with Gasteiger partial charge in [-0.1, -0.05) is 211 Å². The quantitative estimate of drug-likeness (QED) is 0.123. The fourth-order valence-corrected chi connectivity index (χ4v) is 10.8. The maximum atomic E-state index is 2.54. The van der Waals surface area contributed by atoms with Crippen LogP contribution in [0.1, 0.15) is 52.7 Å². The van der Waals surface area contributed by atoms with Crippen LogP contribution in [0.15, 0.2) is 182 Å². The third-order valence-corrected chi connectivity index (χ3v) is 13.9. The summed E-state index contributed by atoms with van der Waals surface area (Å²) in [7, 11) is 0. The molecule has 0 aliphatic heterocycles. The van der Waals surface area contributed by atoms with E-state index in [9.17, 15) is 0 Å². The molecule has 0 nitrogen and oxygen atoms in total. The largest absolute Gasteiger partial charge is 0.0616 e. The van der Waals surface area contributed by atoms with Crippen LogP contribution in [0.25, 0.3) is 120 Å². The Balaban J connectivity index is 1.34. The molecule has 296 valence electrons. The van der Waals surface area contributed by atoms with Crippen molar-refractivity contribution in [2.24, 2.45) is 0 Å². The molecule has 0 fully saturated rings. The highest BCUT2D eigenvalue weighted by molar-refractivity contribution is 6.45. The highest BCUT2D eigenvalue weighted by Gasteiger charge is 2.28. The van der Waals surface area contributed by atoms with Gasteiger partial charge in [0.05, 0.1) is 0 Å². The van der Waals surface area contributed by atoms with Gasteiger partial charge in [0.2, 0.25) is 0 Å². The van der Waals surface area contributed by atoms with Crippen LogP contribution < -0.4 is 0 Å². The molecule has 0 amide bonds. The van der Waals surface area contributed by atoms with E-state index in [4.69, 9.17) is 0 Å². The van der Waals surface area contributed by atoms with Crippen molar-refractivity contribution < 1.29 is 0 Å². The highest BCUT2D eigenvalue weighted by atomic mass is 14.3. The highest BCUT2D eigenvalue weighted by Crippen LogP contribution is 2.56. The third-order valence-electron chi connectivity index (χ3n) is 13.9. The summed E-state index contributed by atoms with van der Waals surface area (Å²) >= 11 is 0. The molecular formula is C62H48. The van der Waals surface area contributed by atoms with E-state index in [2.05, 4.69) is 224 Å². The van der Waals surface area contributed by atoms with Crippen molar-refractivity contribution in [3.05, 3.63) is 193 Å². The van der Waals surface area contributed by atoms with E-state index >= 15 is 0 Å². The van der Waals surface area contributed by atoms with Gasteiger partial charge in [-0.2, -0.15) is 0 Å². The van der Waals surface area contributed by atoms with Crippen molar-refractivity contribution in [1.29, 1.82) is 0 Å². The molecule has 0 atom stereocenters. The van der Waals surface area contributed by atoms with Crippen LogP contribution in [0.5, 0.6) is 0 Å². The molecule has 62 heavy (non-hydrogen) atoms. The fraction of sp³-hybridized carbons (Fsp3) is 0.129. The molecule has 0 saturated carbocycles. The zero-order valence-electron chi connectivity index (χ0n) is 36.3. The van der Waals surface area contributed by atoms with Crippen molar-refractivity contribution in [2.45, 2.75) is 52.4 Å². The zero-order valence-corrected chi connectivity index (χ0v) is 36.3. The summed E-state index contributed by atoms with van der Waals surface area (Å²) in [6.45, 7) is 13.8. The third kappa shape index (κ3) is 5.39. The molecule has 0 unspecified atom stereocenters. The second kappa shape index (κ2) is 13.2. The average Bonchev–Trinajstić information content (AvgIpc) is 3.29. The zero-order chi connectivity index (χ0) is 42.1. The number of rotatable bonds is 4. The second-order valence-corrected chi connectivity index (χ2v) is 19.6. The van der Waals surface area contributed by atoms with E-state index < -0.39 is 0 Å². The lowest BCUT2D eigenvalue weighted by molar-refractivity contribution is 0.590. The molecular weight excluding hydrogens is 745 g/mol. The van der Waals surface area contributed by atoms with Crippen molar-refractivity contribution in [3.8, 4) is 44.5 Å². The number of benzene rings is 12. The Morgan fingerprint density at radius 2 is 0.597 bits per heavy atom. The molecule has 12 aromatic carbocycles. The normalized spacial score (nSPS) is 12.7. The van der Waals surface area contributed by atoms with E-state index in [1.807, 2.05) is 0 Å². The van der Waals surface area contributed by atoms with Gasteiger partial charge in [0.25, 0.3) is 0 Å². The molecule has 0 aliphatic carbocycles. The molecule has 0 heterocycles. The van der Waals surface area contributed by atoms with Gasteiger partial charge in [-0.25, -0.2) is 0 Å². The van der Waals surface area contributed by atoms with Crippen molar-refractivity contribution in [2.75, 3.05) is 0 Å². The number of hydrogen-bond acceptors (Lipinski definition) is 0. The van der Waals surface area contributed by atoms with E-state index in [0.717, 1.165) is 0 Å². The Hall–Kier alpha value is -7.02. The van der Waals surface area contributed by atoms with Gasteiger partial charge >= 0.3 is 0 Å². The Morgan fingerprint density at radius 1 is 0.258 bits per heavy atom. The smallest absolute Gasteiger partial charge is 0.000696 e. The van der Waals surface area contributed by atoms with Gasteiger partial charge < -0.3 is 0 Å². The molecule has 0 aliphatic rings. The van der Waals surface area contributed by atoms with Gasteiger partial charge in [-0.05, 0) is 154 Å². The lowest BCUT2D eigenvalue weighted by Crippen LogP contribution is -2.10. The molecule has 0 radical (unpaired) electrons. The monoisotopic (exact) mass is 792 g/mol. The molecule has 0 bridgehead atoms. The molecule has 0 heteroatoms. The molecule has 12 aromatic rings. The van der Waals surface area contributed by atoms with E-state index in [-0.39, 0.29) is 10.8 Å². The van der Waals surface area contributed by atoms with Crippen molar-refractivity contribution in [1.82, 2.24) is 0 Å². The predicted molar refractivity (Wildman–Crippen MR) is 270 cm³/mol. The van der Waals surface area contributed by atoms with E-state index in [1.165, 1.54) is 131 Å². The van der Waals surface area contributed by atoms with Crippen molar-refractivity contribution in [3.63, 3.8) is 0 Å². The number of hydrogen-bond donors (Lipinski definition) is 0. The summed E-state index contributed by atoms with van der Waals surface area (Å²) < 4.78 is 0. The minimum atomic E-state index is 0.0639. The topological polar surface area (TPSA) is 0 Å². The average molecular weight is 793 g/mol. The lowest BCUT2D eigenvalue weighted by atomic mass is 9.76. The van der Waals surface area contributed by atoms with Gasteiger partial charge in [0.15, 0.2) is 0 Å². The van der Waals surface area contributed by atoms with Crippen LogP contribution in [-0.2, 0) is 10.8 Å². The standard InChI is InChI=1S/C62H48/c1-61(2,3)41-31-27-39(28-32-41)51-35-53-55(45-21-11-17-37-15-7-9-19-43(37)45)50-26-14-24-48-52(40-29-33-42(34-30-40)62(4,5)6)36-54-56(46-22-12-18-38-16-8-10-20-44(38)46)49-25-13-23-47(51)57(49)59(53)60(54)58(48)50/h7-36H,1-6H3. The maximum absolute atomic E-state index is 2.54. The van der Waals surface area contributed by atoms with Gasteiger partial charge in [-0.3, -0.25) is 0 Å². The summed E-state index contributed by atoms with van der Waals surface area (Å²) in [6, 6.07) is 69.5. The van der Waals surface area contributed by atoms with Crippen LogP contribution in [-0.4, -0.2) is 0 Å². The van der Waals surface area contributed by atoms with Gasteiger partial charge in [0, 0.05) is 0 Å². The van der Waals surface area contributed by atoms with Crippen LogP contribution in [0.4, 0.5) is 0 Å². The van der Waals surface area contributed by atoms with Crippen LogP contribution in [0.3, 0.4) is 0 Å². The Labute approximate surface area is 363 Å². The lowest BCUT2D eigenvalue weighted by Gasteiger charge is -2.27. The predicted octanol–water partition coefficient (Wildman–Crippen LogP) is 17.9. The van der Waals surface area contributed by atoms with Crippen LogP contribution >= 0.6 is 0 Å². The summed E-state index contributed by atoms with van der Waals surface area (Å²) in [4.78, 5) is 0. The first kappa shape index (κ1) is 36.8. The Morgan fingerprint density at radius 3 is 1.00 bits per heavy atom. The minimum Gasteiger partial charge on any atom is -0.0616 e. The Kier molecular flexibility index (Phi) is 7.86. The van der Waals surface area contributed by atoms with Gasteiger partial charge in [-0.15, -0.1) is 0 Å². The first-order valence-electron chi connectivity index (χ1n) is 22.2. The second-order valence-electron chi connectivity index (χ2n) is 19.6. The SMILES string of the molecule is CC(C)(C)c1ccc(-c2cc3c(-c4cccc5ccccc45)c4cccc5c(-c6ccc(C(C)(C)C)cc6)cc6c(-c7cccc8ccccc78)c7cccc2c7c3c6c54)cc1. The summed E-state index contributed by atoms with van der Waals surface area (Å²) in [5.74, 6) is 0. The van der Waals surface area contributed by atoms with Crippen LogP contribution in [0.2, 0.25) is 0 Å². The fourth-order valence-electron chi connectivity index (χ4n) is 10.8. The van der Waals surface area contributed by atoms with Crippen molar-refractivity contribution >= 4 is 75.4 Å². The molecule has 0 aromatic heterocycles. The summed E-state index contributed by atoms with van der Waals surface area (Å²) in [5, 5.41) is 18.2. The maximum Gasteiger partial charge on any atom is -0.000696 e. The summed E-state index contributed by atoms with van der Waals surface area (Å²) in [5.41, 5.74) is 13.0. The molecule has 12 rings (SSSR count). The summed E-state index contributed by atoms with van der Waals surface area (Å²) in [6.07, 6.45) is 0. The van der Waals surface area contributed by atoms with E-state index in [0.29, 0.717) is 0 Å². The Bertz CT molecular complexity index is 3460. The van der Waals surface area contributed by atoms with Gasteiger partial charge in [0.1, 0.15) is 0 Å². The molecule has 0 N–H and O–H groups in total. The molecule has 0 saturated heterocycles. The first-order valence-corrected chi connectivity index (χ1v) is 22.2. The van der Waals surface area contributed by atoms with E-state index in [1.54, 1.807) is 0 Å². The number of fused-ring (bicyclic) bond motifs is 2. The first-order chi connectivity index (χ1) is 30.0. The van der Waals surface area contributed by atoms with Crippen LogP contribution in [0, 0.1) is 0 Å². The molecule has 0 spiro atoms.